The summed E-state index contributed by atoms with van der Waals surface area (Å²) in [5, 5.41) is 0. The van der Waals surface area contributed by atoms with Crippen molar-refractivity contribution in [1.29, 1.82) is 0 Å². The summed E-state index contributed by atoms with van der Waals surface area (Å²) in [7, 11) is -3.07. The Balaban J connectivity index is 1.79. The SMILES string of the molecule is CCc1ncnc(N2CCOCC2)c1-c1cnc(OC)c(NS(=O)(=O)c2ccc(F)cc2F)c1. The summed E-state index contributed by atoms with van der Waals surface area (Å²) in [5.74, 6) is -1.43. The van der Waals surface area contributed by atoms with Crippen LogP contribution < -0.4 is 14.4 Å². The number of ether oxygens (including phenoxy) is 2. The van der Waals surface area contributed by atoms with Crippen LogP contribution in [0, 0.1) is 11.6 Å². The summed E-state index contributed by atoms with van der Waals surface area (Å²) < 4.78 is 66.2. The van der Waals surface area contributed by atoms with Crippen LogP contribution >= 0.6 is 0 Å². The Morgan fingerprint density at radius 3 is 2.59 bits per heavy atom. The number of nitrogens with one attached hydrogen (secondary N) is 1. The largest absolute Gasteiger partial charge is 0.480 e. The summed E-state index contributed by atoms with van der Waals surface area (Å²) >= 11 is 0. The van der Waals surface area contributed by atoms with E-state index in [0.29, 0.717) is 55.7 Å². The van der Waals surface area contributed by atoms with Gasteiger partial charge in [0.15, 0.2) is 0 Å². The number of methoxy groups -OCH3 is 1. The van der Waals surface area contributed by atoms with Gasteiger partial charge >= 0.3 is 0 Å². The minimum absolute atomic E-state index is 0.0115. The number of aryl methyl sites for hydroxylation is 1. The lowest BCUT2D eigenvalue weighted by Gasteiger charge is -2.30. The number of aromatic nitrogens is 3. The molecule has 3 heterocycles. The Hall–Kier alpha value is -3.38. The number of morpholine rings is 1. The van der Waals surface area contributed by atoms with E-state index in [0.717, 1.165) is 17.8 Å². The standard InChI is InChI=1S/C22H23F2N5O4S/c1-3-17-20(21(27-13-26-17)29-6-8-33-9-7-29)14-10-18(22(32-2)25-12-14)28-34(30,31)19-5-4-15(23)11-16(19)24/h4-5,10-13,28H,3,6-9H2,1-2H3. The zero-order chi connectivity index (χ0) is 24.3. The van der Waals surface area contributed by atoms with E-state index in [1.165, 1.54) is 25.7 Å². The molecule has 0 atom stereocenters. The number of pyridine rings is 1. The van der Waals surface area contributed by atoms with E-state index in [9.17, 15) is 17.2 Å². The molecule has 12 heteroatoms. The molecular weight excluding hydrogens is 468 g/mol. The van der Waals surface area contributed by atoms with Crippen molar-refractivity contribution in [2.75, 3.05) is 43.0 Å². The number of nitrogens with zero attached hydrogens (tertiary/aromatic N) is 4. The molecule has 1 N–H and O–H groups in total. The monoisotopic (exact) mass is 491 g/mol. The third-order valence-corrected chi connectivity index (χ3v) is 6.71. The molecule has 1 aliphatic heterocycles. The summed E-state index contributed by atoms with van der Waals surface area (Å²) in [6.07, 6.45) is 3.63. The molecule has 0 amide bonds. The Labute approximate surface area is 195 Å². The van der Waals surface area contributed by atoms with E-state index in [4.69, 9.17) is 9.47 Å². The van der Waals surface area contributed by atoms with E-state index >= 15 is 0 Å². The van der Waals surface area contributed by atoms with Gasteiger partial charge in [-0.15, -0.1) is 0 Å². The topological polar surface area (TPSA) is 107 Å². The van der Waals surface area contributed by atoms with Gasteiger partial charge in [0.25, 0.3) is 10.0 Å². The van der Waals surface area contributed by atoms with Gasteiger partial charge in [0.05, 0.1) is 26.0 Å². The van der Waals surface area contributed by atoms with Crippen LogP contribution in [0.2, 0.25) is 0 Å². The Bertz CT molecular complexity index is 1300. The van der Waals surface area contributed by atoms with Gasteiger partial charge in [0.1, 0.15) is 34.4 Å². The lowest BCUT2D eigenvalue weighted by molar-refractivity contribution is 0.122. The molecule has 180 valence electrons. The van der Waals surface area contributed by atoms with E-state index < -0.39 is 26.6 Å². The molecule has 3 aromatic rings. The second-order valence-corrected chi connectivity index (χ2v) is 9.08. The summed E-state index contributed by atoms with van der Waals surface area (Å²) in [6.45, 7) is 4.34. The molecule has 2 aromatic heterocycles. The molecule has 1 saturated heterocycles. The maximum absolute atomic E-state index is 14.2. The lowest BCUT2D eigenvalue weighted by atomic mass is 10.0. The highest BCUT2D eigenvalue weighted by atomic mass is 32.2. The smallest absolute Gasteiger partial charge is 0.264 e. The number of anilines is 2. The van der Waals surface area contributed by atoms with E-state index in [2.05, 4.69) is 24.6 Å². The van der Waals surface area contributed by atoms with Crippen molar-refractivity contribution in [3.05, 3.63) is 54.1 Å². The zero-order valence-electron chi connectivity index (χ0n) is 18.6. The summed E-state index contributed by atoms with van der Waals surface area (Å²) in [5.41, 5.74) is 2.00. The Morgan fingerprint density at radius 1 is 1.15 bits per heavy atom. The van der Waals surface area contributed by atoms with Crippen molar-refractivity contribution >= 4 is 21.5 Å². The van der Waals surface area contributed by atoms with Crippen LogP contribution in [0.4, 0.5) is 20.3 Å². The minimum atomic E-state index is -4.41. The molecule has 1 fully saturated rings. The van der Waals surface area contributed by atoms with Crippen LogP contribution in [0.5, 0.6) is 5.88 Å². The van der Waals surface area contributed by atoms with Gasteiger partial charge in [-0.2, -0.15) is 0 Å². The molecule has 0 aliphatic carbocycles. The molecule has 0 radical (unpaired) electrons. The van der Waals surface area contributed by atoms with Crippen molar-refractivity contribution in [3.8, 4) is 17.0 Å². The lowest BCUT2D eigenvalue weighted by Crippen LogP contribution is -2.37. The maximum Gasteiger partial charge on any atom is 0.264 e. The molecule has 0 bridgehead atoms. The van der Waals surface area contributed by atoms with E-state index in [-0.39, 0.29) is 11.6 Å². The van der Waals surface area contributed by atoms with Crippen LogP contribution in [-0.2, 0) is 21.2 Å². The average molecular weight is 492 g/mol. The predicted octanol–water partition coefficient (Wildman–Crippen LogP) is 3.03. The van der Waals surface area contributed by atoms with Gasteiger partial charge < -0.3 is 14.4 Å². The normalized spacial score (nSPS) is 14.2. The predicted molar refractivity (Wildman–Crippen MR) is 121 cm³/mol. The highest BCUT2D eigenvalue weighted by Crippen LogP contribution is 2.36. The molecule has 9 nitrogen and oxygen atoms in total. The molecule has 0 spiro atoms. The van der Waals surface area contributed by atoms with Crippen molar-refractivity contribution in [2.45, 2.75) is 18.2 Å². The van der Waals surface area contributed by atoms with Gasteiger partial charge in [-0.3, -0.25) is 4.72 Å². The first-order valence-electron chi connectivity index (χ1n) is 10.5. The number of hydrogen-bond donors (Lipinski definition) is 1. The van der Waals surface area contributed by atoms with Gasteiger partial charge in [-0.05, 0) is 24.6 Å². The Morgan fingerprint density at radius 2 is 1.91 bits per heavy atom. The molecule has 1 aromatic carbocycles. The molecule has 0 unspecified atom stereocenters. The van der Waals surface area contributed by atoms with E-state index in [1.54, 1.807) is 0 Å². The zero-order valence-corrected chi connectivity index (χ0v) is 19.4. The number of sulfonamides is 1. The highest BCUT2D eigenvalue weighted by molar-refractivity contribution is 7.92. The van der Waals surface area contributed by atoms with Crippen LogP contribution in [0.25, 0.3) is 11.1 Å². The second-order valence-electron chi connectivity index (χ2n) is 7.43. The van der Waals surface area contributed by atoms with E-state index in [1.807, 2.05) is 6.92 Å². The van der Waals surface area contributed by atoms with Crippen molar-refractivity contribution < 1.29 is 26.7 Å². The first-order chi connectivity index (χ1) is 16.3. The Kier molecular flexibility index (Phi) is 6.89. The fraction of sp³-hybridized carbons (Fsp3) is 0.318. The maximum atomic E-state index is 14.2. The number of rotatable bonds is 7. The number of halogens is 2. The first-order valence-corrected chi connectivity index (χ1v) is 12.0. The third kappa shape index (κ3) is 4.77. The third-order valence-electron chi connectivity index (χ3n) is 5.31. The van der Waals surface area contributed by atoms with Crippen LogP contribution in [-0.4, -0.2) is 56.8 Å². The average Bonchev–Trinajstić information content (AvgIpc) is 2.83. The van der Waals surface area contributed by atoms with Gasteiger partial charge in [-0.25, -0.2) is 32.2 Å². The highest BCUT2D eigenvalue weighted by Gasteiger charge is 2.25. The molecule has 0 saturated carbocycles. The van der Waals surface area contributed by atoms with Crippen molar-refractivity contribution in [3.63, 3.8) is 0 Å². The van der Waals surface area contributed by atoms with Gasteiger partial charge in [-0.1, -0.05) is 6.92 Å². The molecule has 1 aliphatic rings. The van der Waals surface area contributed by atoms with Crippen molar-refractivity contribution in [1.82, 2.24) is 15.0 Å². The number of benzene rings is 1. The van der Waals surface area contributed by atoms with Crippen molar-refractivity contribution in [2.24, 2.45) is 0 Å². The first kappa shape index (κ1) is 23.8. The molecule has 34 heavy (non-hydrogen) atoms. The second kappa shape index (κ2) is 9.85. The fourth-order valence-electron chi connectivity index (χ4n) is 3.71. The molecule has 4 rings (SSSR count). The van der Waals surface area contributed by atoms with Crippen LogP contribution in [0.3, 0.4) is 0 Å². The van der Waals surface area contributed by atoms with Crippen LogP contribution in [0.1, 0.15) is 12.6 Å². The van der Waals surface area contributed by atoms with Crippen LogP contribution in [0.15, 0.2) is 41.7 Å². The quantitative estimate of drug-likeness (QED) is 0.538. The molecular formula is C22H23F2N5O4S. The summed E-state index contributed by atoms with van der Waals surface area (Å²) in [4.78, 5) is 14.5. The number of hydrogen-bond acceptors (Lipinski definition) is 8. The minimum Gasteiger partial charge on any atom is -0.480 e. The van der Waals surface area contributed by atoms with Gasteiger partial charge in [0.2, 0.25) is 5.88 Å². The fourth-order valence-corrected chi connectivity index (χ4v) is 4.82. The summed E-state index contributed by atoms with van der Waals surface area (Å²) in [6, 6.07) is 3.76. The van der Waals surface area contributed by atoms with Gasteiger partial charge in [0, 0.05) is 36.5 Å².